The average molecular weight is 765 g/mol. The van der Waals surface area contributed by atoms with E-state index in [2.05, 4.69) is 252 Å². The van der Waals surface area contributed by atoms with Gasteiger partial charge in [-0.1, -0.05) is 182 Å². The smallest absolute Gasteiger partial charge is 0.0541 e. The van der Waals surface area contributed by atoms with E-state index < -0.39 is 0 Å². The van der Waals surface area contributed by atoms with Gasteiger partial charge in [0.15, 0.2) is 0 Å². The normalized spacial score (nSPS) is 11.3. The van der Waals surface area contributed by atoms with E-state index in [-0.39, 0.29) is 0 Å². The van der Waals surface area contributed by atoms with E-state index in [0.717, 1.165) is 22.7 Å². The summed E-state index contributed by atoms with van der Waals surface area (Å²) in [6, 6.07) is 87.9. The van der Waals surface area contributed by atoms with Crippen LogP contribution in [0.3, 0.4) is 0 Å². The summed E-state index contributed by atoms with van der Waals surface area (Å²) in [4.78, 5) is 2.39. The van der Waals surface area contributed by atoms with Gasteiger partial charge < -0.3 is 9.47 Å². The maximum atomic E-state index is 2.40. The quantitative estimate of drug-likeness (QED) is 0.150. The third-order valence-corrected chi connectivity index (χ3v) is 11.8. The van der Waals surface area contributed by atoms with Gasteiger partial charge in [0.2, 0.25) is 0 Å². The first-order valence-electron chi connectivity index (χ1n) is 20.6. The van der Waals surface area contributed by atoms with Crippen molar-refractivity contribution < 1.29 is 0 Å². The molecule has 0 spiro atoms. The van der Waals surface area contributed by atoms with Crippen molar-refractivity contribution >= 4 is 49.6 Å². The lowest BCUT2D eigenvalue weighted by molar-refractivity contribution is 1.18. The summed E-state index contributed by atoms with van der Waals surface area (Å²) in [5.74, 6) is 0. The van der Waals surface area contributed by atoms with Gasteiger partial charge in [0.1, 0.15) is 0 Å². The molecule has 11 aromatic rings. The molecule has 10 aromatic carbocycles. The molecule has 2 nitrogen and oxygen atoms in total. The number of hydrogen-bond acceptors (Lipinski definition) is 1. The van der Waals surface area contributed by atoms with E-state index in [9.17, 15) is 0 Å². The van der Waals surface area contributed by atoms with Crippen molar-refractivity contribution in [2.75, 3.05) is 4.90 Å². The Morgan fingerprint density at radius 1 is 0.267 bits per heavy atom. The first-order valence-corrected chi connectivity index (χ1v) is 20.6. The highest BCUT2D eigenvalue weighted by molar-refractivity contribution is 6.09. The maximum absolute atomic E-state index is 2.40. The van der Waals surface area contributed by atoms with Crippen molar-refractivity contribution in [1.82, 2.24) is 4.57 Å². The Bertz CT molecular complexity index is 3240. The van der Waals surface area contributed by atoms with Gasteiger partial charge in [0.05, 0.1) is 11.0 Å². The highest BCUT2D eigenvalue weighted by atomic mass is 15.1. The third kappa shape index (κ3) is 6.41. The molecule has 1 heterocycles. The second-order valence-electron chi connectivity index (χ2n) is 15.4. The topological polar surface area (TPSA) is 8.17 Å². The second-order valence-corrected chi connectivity index (χ2v) is 15.4. The molecule has 0 fully saturated rings. The Morgan fingerprint density at radius 2 is 0.750 bits per heavy atom. The van der Waals surface area contributed by atoms with Crippen LogP contribution in [0, 0.1) is 0 Å². The monoisotopic (exact) mass is 764 g/mol. The molecular weight excluding hydrogens is 725 g/mol. The number of aromatic nitrogens is 1. The Kier molecular flexibility index (Phi) is 8.87. The van der Waals surface area contributed by atoms with Crippen molar-refractivity contribution in [2.45, 2.75) is 0 Å². The first-order chi connectivity index (χ1) is 29.7. The van der Waals surface area contributed by atoms with E-state index in [1.165, 1.54) is 77.1 Å². The lowest BCUT2D eigenvalue weighted by Gasteiger charge is -2.27. The lowest BCUT2D eigenvalue weighted by Crippen LogP contribution is -2.10. The van der Waals surface area contributed by atoms with Gasteiger partial charge in [-0.3, -0.25) is 0 Å². The van der Waals surface area contributed by atoms with Gasteiger partial charge in [0, 0.05) is 33.5 Å². The largest absolute Gasteiger partial charge is 0.310 e. The maximum Gasteiger partial charge on any atom is 0.0541 e. The summed E-state index contributed by atoms with van der Waals surface area (Å²) in [5.41, 5.74) is 16.3. The summed E-state index contributed by atoms with van der Waals surface area (Å²) in [6.07, 6.45) is 0. The number of nitrogens with zero attached hydrogens (tertiary/aromatic N) is 2. The van der Waals surface area contributed by atoms with Crippen LogP contribution >= 0.6 is 0 Å². The fourth-order valence-electron chi connectivity index (χ4n) is 8.84. The van der Waals surface area contributed by atoms with Crippen molar-refractivity contribution in [3.8, 4) is 50.2 Å². The van der Waals surface area contributed by atoms with Gasteiger partial charge in [-0.15, -0.1) is 0 Å². The van der Waals surface area contributed by atoms with E-state index in [1.807, 2.05) is 0 Å². The molecule has 1 aromatic heterocycles. The molecule has 0 N–H and O–H groups in total. The van der Waals surface area contributed by atoms with E-state index >= 15 is 0 Å². The van der Waals surface area contributed by atoms with Crippen LogP contribution in [0.1, 0.15) is 0 Å². The van der Waals surface area contributed by atoms with Crippen LogP contribution in [0.15, 0.2) is 243 Å². The van der Waals surface area contributed by atoms with Crippen LogP contribution in [0.4, 0.5) is 17.1 Å². The highest BCUT2D eigenvalue weighted by Crippen LogP contribution is 2.43. The predicted molar refractivity (Wildman–Crippen MR) is 255 cm³/mol. The molecular formula is C58H40N2. The number of rotatable bonds is 8. The number of anilines is 3. The minimum absolute atomic E-state index is 1.09. The molecule has 60 heavy (non-hydrogen) atoms. The number of hydrogen-bond donors (Lipinski definition) is 0. The van der Waals surface area contributed by atoms with Gasteiger partial charge in [-0.25, -0.2) is 0 Å². The minimum Gasteiger partial charge on any atom is -0.310 e. The van der Waals surface area contributed by atoms with Gasteiger partial charge in [-0.2, -0.15) is 0 Å². The molecule has 0 saturated heterocycles. The Morgan fingerprint density at radius 3 is 1.42 bits per heavy atom. The average Bonchev–Trinajstić information content (AvgIpc) is 3.67. The molecule has 0 aliphatic carbocycles. The molecule has 282 valence electrons. The van der Waals surface area contributed by atoms with Crippen molar-refractivity contribution in [3.05, 3.63) is 243 Å². The van der Waals surface area contributed by atoms with E-state index in [4.69, 9.17) is 0 Å². The molecule has 0 bridgehead atoms. The lowest BCUT2D eigenvalue weighted by atomic mass is 9.93. The highest BCUT2D eigenvalue weighted by Gasteiger charge is 2.18. The van der Waals surface area contributed by atoms with Gasteiger partial charge >= 0.3 is 0 Å². The molecule has 2 heteroatoms. The van der Waals surface area contributed by atoms with Crippen LogP contribution in [0.25, 0.3) is 82.8 Å². The predicted octanol–water partition coefficient (Wildman–Crippen LogP) is 16.1. The zero-order chi connectivity index (χ0) is 39.8. The van der Waals surface area contributed by atoms with E-state index in [0.29, 0.717) is 0 Å². The fraction of sp³-hybridized carbons (Fsp3) is 0. The van der Waals surface area contributed by atoms with Crippen molar-refractivity contribution in [2.24, 2.45) is 0 Å². The van der Waals surface area contributed by atoms with Crippen LogP contribution in [0.2, 0.25) is 0 Å². The Hall–Kier alpha value is -7.94. The molecule has 11 rings (SSSR count). The summed E-state index contributed by atoms with van der Waals surface area (Å²) in [7, 11) is 0. The molecule has 0 saturated carbocycles. The molecule has 0 aliphatic heterocycles. The molecule has 0 aliphatic rings. The van der Waals surface area contributed by atoms with Crippen molar-refractivity contribution in [1.29, 1.82) is 0 Å². The van der Waals surface area contributed by atoms with Crippen LogP contribution in [-0.2, 0) is 0 Å². The van der Waals surface area contributed by atoms with Crippen LogP contribution < -0.4 is 4.90 Å². The number of fused-ring (bicyclic) bond motifs is 4. The third-order valence-electron chi connectivity index (χ3n) is 11.8. The number of para-hydroxylation sites is 2. The SMILES string of the molecule is c1ccc(-c2ccc(-c3ccc(N(c4ccc(-c5cccc(-n6c7ccccc7c7ccccc76)c5)c(-c5ccccc5)c4)c4ccc5ccccc5c4)cc3)cc2)cc1. The molecule has 0 radical (unpaired) electrons. The Balaban J connectivity index is 1.03. The summed E-state index contributed by atoms with van der Waals surface area (Å²) in [5, 5.41) is 4.95. The summed E-state index contributed by atoms with van der Waals surface area (Å²) >= 11 is 0. The fourth-order valence-corrected chi connectivity index (χ4v) is 8.84. The second kappa shape index (κ2) is 15.1. The standard InChI is InChI=1S/C58H40N2/c1-3-14-41(15-4-1)43-26-28-44(29-27-43)45-30-33-49(34-31-45)59(51-35-32-42-16-7-8-19-47(42)38-51)52-36-37-53(56(40-52)46-17-5-2-6-18-46)48-20-13-21-50(39-48)60-57-24-11-9-22-54(57)55-23-10-12-25-58(55)60/h1-40H. The zero-order valence-electron chi connectivity index (χ0n) is 33.0. The molecule has 0 amide bonds. The van der Waals surface area contributed by atoms with Gasteiger partial charge in [0.25, 0.3) is 0 Å². The van der Waals surface area contributed by atoms with Crippen LogP contribution in [-0.4, -0.2) is 4.57 Å². The summed E-state index contributed by atoms with van der Waals surface area (Å²) in [6.45, 7) is 0. The number of benzene rings is 10. The minimum atomic E-state index is 1.09. The first kappa shape index (κ1) is 35.2. The van der Waals surface area contributed by atoms with Crippen molar-refractivity contribution in [3.63, 3.8) is 0 Å². The molecule has 0 unspecified atom stereocenters. The van der Waals surface area contributed by atoms with Crippen LogP contribution in [0.5, 0.6) is 0 Å². The van der Waals surface area contributed by atoms with Gasteiger partial charge in [-0.05, 0) is 116 Å². The zero-order valence-corrected chi connectivity index (χ0v) is 33.0. The Labute approximate surface area is 350 Å². The van der Waals surface area contributed by atoms with E-state index in [1.54, 1.807) is 0 Å². The summed E-state index contributed by atoms with van der Waals surface area (Å²) < 4.78 is 2.40. The molecule has 0 atom stereocenters.